The number of hydrogen-bond donors (Lipinski definition) is 3. The lowest BCUT2D eigenvalue weighted by Crippen LogP contribution is -2.54. The number of imidazole rings is 1. The summed E-state index contributed by atoms with van der Waals surface area (Å²) in [6.45, 7) is 8.97. The summed E-state index contributed by atoms with van der Waals surface area (Å²) < 4.78 is 0. The number of aromatic amines is 1. The number of amides is 1. The summed E-state index contributed by atoms with van der Waals surface area (Å²) in [6.07, 6.45) is 8.31. The summed E-state index contributed by atoms with van der Waals surface area (Å²) in [7, 11) is 0. The van der Waals surface area contributed by atoms with E-state index in [1.54, 1.807) is 0 Å². The molecule has 32 heavy (non-hydrogen) atoms. The zero-order valence-corrected chi connectivity index (χ0v) is 19.5. The maximum absolute atomic E-state index is 12.2. The molecule has 0 saturated heterocycles. The normalized spacial score (nSPS) is 26.7. The highest BCUT2D eigenvalue weighted by Gasteiger charge is 2.54. The lowest BCUT2D eigenvalue weighted by molar-refractivity contribution is -0.135. The van der Waals surface area contributed by atoms with Gasteiger partial charge in [0.2, 0.25) is 5.91 Å². The fourth-order valence-corrected chi connectivity index (χ4v) is 5.95. The molecule has 1 amide bonds. The van der Waals surface area contributed by atoms with E-state index in [1.165, 1.54) is 35.8 Å². The number of nitrogens with one attached hydrogen (secondary N) is 1. The highest BCUT2D eigenvalue weighted by atomic mass is 16.1. The maximum Gasteiger partial charge on any atom is 0.223 e. The third kappa shape index (κ3) is 3.63. The number of aryl methyl sites for hydroxylation is 1. The Hall–Kier alpha value is -2.96. The Labute approximate surface area is 189 Å². The molecule has 5 rings (SSSR count). The molecular weight excluding hydrogens is 400 g/mol. The van der Waals surface area contributed by atoms with Gasteiger partial charge in [-0.2, -0.15) is 0 Å². The molecule has 3 atom stereocenters. The number of nitrogens with zero attached hydrogens (tertiary/aromatic N) is 3. The fraction of sp³-hybridized carbons (Fsp3) is 0.520. The maximum atomic E-state index is 12.2. The monoisotopic (exact) mass is 434 g/mol. The first-order valence-electron chi connectivity index (χ1n) is 11.5. The third-order valence-corrected chi connectivity index (χ3v) is 7.86. The Morgan fingerprint density at radius 1 is 1.19 bits per heavy atom. The van der Waals surface area contributed by atoms with Gasteiger partial charge in [-0.15, -0.1) is 0 Å². The number of nitrogens with two attached hydrogens (primary N) is 2. The van der Waals surface area contributed by atoms with E-state index in [0.717, 1.165) is 25.7 Å². The Balaban J connectivity index is 0.000000203. The predicted octanol–water partition coefficient (Wildman–Crippen LogP) is 4.24. The quantitative estimate of drug-likeness (QED) is 0.556. The van der Waals surface area contributed by atoms with E-state index in [0.29, 0.717) is 28.8 Å². The molecule has 170 valence electrons. The van der Waals surface area contributed by atoms with Crippen molar-refractivity contribution < 1.29 is 4.79 Å². The second kappa shape index (κ2) is 8.19. The van der Waals surface area contributed by atoms with Gasteiger partial charge in [-0.3, -0.25) is 4.79 Å². The largest absolute Gasteiger partial charge is 0.382 e. The number of primary amides is 1. The number of fused-ring (bicyclic) bond motifs is 4. The summed E-state index contributed by atoms with van der Waals surface area (Å²) in [5.74, 6) is 1.27. The van der Waals surface area contributed by atoms with Crippen LogP contribution in [-0.4, -0.2) is 25.8 Å². The van der Waals surface area contributed by atoms with Gasteiger partial charge in [-0.05, 0) is 59.6 Å². The molecule has 1 aromatic carbocycles. The summed E-state index contributed by atoms with van der Waals surface area (Å²) >= 11 is 0. The number of nitrogen functional groups attached to an aromatic ring is 1. The zero-order chi connectivity index (χ0) is 23.1. The summed E-state index contributed by atoms with van der Waals surface area (Å²) in [6, 6.07) is 7.02. The van der Waals surface area contributed by atoms with Crippen LogP contribution in [0, 0.1) is 11.3 Å². The highest BCUT2D eigenvalue weighted by Crippen LogP contribution is 2.57. The van der Waals surface area contributed by atoms with Crippen LogP contribution in [-0.2, 0) is 16.6 Å². The van der Waals surface area contributed by atoms with E-state index >= 15 is 0 Å². The number of rotatable bonds is 2. The van der Waals surface area contributed by atoms with Crippen molar-refractivity contribution in [2.45, 2.75) is 71.1 Å². The van der Waals surface area contributed by atoms with Crippen LogP contribution in [0.5, 0.6) is 0 Å². The lowest BCUT2D eigenvalue weighted by atomic mass is 9.49. The Morgan fingerprint density at radius 3 is 2.66 bits per heavy atom. The third-order valence-electron chi connectivity index (χ3n) is 7.86. The van der Waals surface area contributed by atoms with E-state index in [1.807, 2.05) is 0 Å². The van der Waals surface area contributed by atoms with E-state index < -0.39 is 0 Å². The van der Waals surface area contributed by atoms with Crippen LogP contribution < -0.4 is 11.5 Å². The molecule has 2 aliphatic rings. The van der Waals surface area contributed by atoms with Crippen LogP contribution in [0.15, 0.2) is 30.9 Å². The first-order chi connectivity index (χ1) is 15.2. The molecule has 0 spiro atoms. The van der Waals surface area contributed by atoms with Gasteiger partial charge in [0.25, 0.3) is 0 Å². The fourth-order valence-electron chi connectivity index (χ4n) is 5.95. The number of benzene rings is 1. The van der Waals surface area contributed by atoms with Gasteiger partial charge in [0.05, 0.1) is 6.33 Å². The van der Waals surface area contributed by atoms with Gasteiger partial charge in [-0.1, -0.05) is 52.3 Å². The van der Waals surface area contributed by atoms with Crippen molar-refractivity contribution in [2.75, 3.05) is 5.73 Å². The molecule has 1 saturated carbocycles. The number of anilines is 1. The molecule has 1 fully saturated rings. The van der Waals surface area contributed by atoms with Gasteiger partial charge in [-0.25, -0.2) is 15.0 Å². The van der Waals surface area contributed by atoms with Crippen molar-refractivity contribution >= 4 is 22.9 Å². The highest BCUT2D eigenvalue weighted by molar-refractivity contribution is 5.81. The topological polar surface area (TPSA) is 124 Å². The van der Waals surface area contributed by atoms with Gasteiger partial charge in [0.15, 0.2) is 11.5 Å². The standard InChI is InChI=1S/C20H29NO.C5H5N5/c1-13(2)14-6-8-16-15(12-14)7-9-17-19(16,3)10-5-11-20(17,4)18(21)22;6-4-3-5(9-1-7-3)10-2-8-4/h6,8,12-13,17H,5,7,9-11H2,1-4H3,(H2,21,22);1-2H,(H3,6,7,8,9,10). The molecule has 0 bridgehead atoms. The average molecular weight is 435 g/mol. The molecule has 5 N–H and O–H groups in total. The number of H-pyrrole nitrogens is 1. The van der Waals surface area contributed by atoms with E-state index in [9.17, 15) is 4.79 Å². The minimum atomic E-state index is -0.346. The number of hydrogen-bond acceptors (Lipinski definition) is 5. The van der Waals surface area contributed by atoms with E-state index in [4.69, 9.17) is 11.5 Å². The first-order valence-corrected chi connectivity index (χ1v) is 11.5. The lowest BCUT2D eigenvalue weighted by Gasteiger charge is -2.54. The number of carbonyl (C=O) groups is 1. The Kier molecular flexibility index (Phi) is 5.69. The van der Waals surface area contributed by atoms with Crippen LogP contribution in [0.2, 0.25) is 0 Å². The SMILES string of the molecule is CC(C)c1ccc2c(c1)CCC1C(C)(C(N)=O)CCCC21C.Nc1ncnc2nc[nH]c12. The second-order valence-electron chi connectivity index (χ2n) is 10.1. The van der Waals surface area contributed by atoms with Crippen LogP contribution in [0.4, 0.5) is 5.82 Å². The minimum absolute atomic E-state index is 0.102. The van der Waals surface area contributed by atoms with E-state index in [-0.39, 0.29) is 16.7 Å². The molecule has 0 aliphatic heterocycles. The van der Waals surface area contributed by atoms with Crippen LogP contribution in [0.3, 0.4) is 0 Å². The Bertz CT molecular complexity index is 1140. The molecule has 2 aliphatic carbocycles. The first kappa shape index (κ1) is 22.2. The smallest absolute Gasteiger partial charge is 0.223 e. The van der Waals surface area contributed by atoms with Crippen molar-refractivity contribution in [3.8, 4) is 0 Å². The van der Waals surface area contributed by atoms with Crippen LogP contribution in [0.25, 0.3) is 11.2 Å². The summed E-state index contributed by atoms with van der Waals surface area (Å²) in [4.78, 5) is 26.5. The van der Waals surface area contributed by atoms with Crippen molar-refractivity contribution in [1.82, 2.24) is 19.9 Å². The van der Waals surface area contributed by atoms with Gasteiger partial charge < -0.3 is 16.5 Å². The van der Waals surface area contributed by atoms with Crippen LogP contribution >= 0.6 is 0 Å². The van der Waals surface area contributed by atoms with Gasteiger partial charge >= 0.3 is 0 Å². The number of carbonyl (C=O) groups excluding carboxylic acids is 1. The molecule has 3 unspecified atom stereocenters. The van der Waals surface area contributed by atoms with E-state index in [2.05, 4.69) is 65.8 Å². The van der Waals surface area contributed by atoms with Crippen molar-refractivity contribution in [2.24, 2.45) is 17.1 Å². The zero-order valence-electron chi connectivity index (χ0n) is 19.5. The second-order valence-corrected chi connectivity index (χ2v) is 10.1. The van der Waals surface area contributed by atoms with Crippen LogP contribution in [0.1, 0.15) is 76.0 Å². The summed E-state index contributed by atoms with van der Waals surface area (Å²) in [5.41, 5.74) is 16.7. The molecule has 7 nitrogen and oxygen atoms in total. The Morgan fingerprint density at radius 2 is 1.97 bits per heavy atom. The molecule has 0 radical (unpaired) electrons. The summed E-state index contributed by atoms with van der Waals surface area (Å²) in [5, 5.41) is 0. The van der Waals surface area contributed by atoms with Gasteiger partial charge in [0.1, 0.15) is 11.8 Å². The van der Waals surface area contributed by atoms with Gasteiger partial charge in [0, 0.05) is 5.41 Å². The predicted molar refractivity (Wildman–Crippen MR) is 127 cm³/mol. The minimum Gasteiger partial charge on any atom is -0.382 e. The molecule has 2 aromatic heterocycles. The molecule has 2 heterocycles. The van der Waals surface area contributed by atoms with Crippen molar-refractivity contribution in [3.63, 3.8) is 0 Å². The average Bonchev–Trinajstić information content (AvgIpc) is 3.24. The number of aromatic nitrogens is 4. The van der Waals surface area contributed by atoms with Crippen molar-refractivity contribution in [1.29, 1.82) is 0 Å². The van der Waals surface area contributed by atoms with Crippen molar-refractivity contribution in [3.05, 3.63) is 47.5 Å². The molecule has 7 heteroatoms. The molecule has 3 aromatic rings. The molecular formula is C25H34N6O.